The number of benzene rings is 2. The quantitative estimate of drug-likeness (QED) is 0.599. The van der Waals surface area contributed by atoms with Gasteiger partial charge in [-0.15, -0.1) is 5.10 Å². The summed E-state index contributed by atoms with van der Waals surface area (Å²) in [5.41, 5.74) is 8.75. The average molecular weight is 354 g/mol. The van der Waals surface area contributed by atoms with E-state index in [9.17, 15) is 0 Å². The van der Waals surface area contributed by atoms with Gasteiger partial charge in [0.1, 0.15) is 10.4 Å². The van der Waals surface area contributed by atoms with Gasteiger partial charge in [0.05, 0.1) is 23.1 Å². The average Bonchev–Trinajstić information content (AvgIpc) is 3.10. The Morgan fingerprint density at radius 3 is 2.45 bits per heavy atom. The van der Waals surface area contributed by atoms with Gasteiger partial charge in [0, 0.05) is 11.5 Å². The molecule has 2 N–H and O–H groups in total. The number of halogens is 1. The number of fused-ring (bicyclic) bond motifs is 1. The number of anilines is 1. The normalized spacial score (nSPS) is 11.1. The fourth-order valence-corrected chi connectivity index (χ4v) is 3.00. The SMILES string of the molecule is Nc1cc(Br)n(-c2ccc3c(cnn3-c3ccccc3)c2)n1. The number of nitrogens with zero attached hydrogens (tertiary/aromatic N) is 4. The van der Waals surface area contributed by atoms with Crippen molar-refractivity contribution >= 4 is 32.7 Å². The Bertz CT molecular complexity index is 955. The molecule has 0 atom stereocenters. The molecule has 0 aliphatic rings. The van der Waals surface area contributed by atoms with E-state index in [-0.39, 0.29) is 0 Å². The zero-order chi connectivity index (χ0) is 15.1. The molecule has 2 aromatic carbocycles. The predicted octanol–water partition coefficient (Wildman–Crippen LogP) is 3.56. The monoisotopic (exact) mass is 353 g/mol. The molecule has 0 saturated carbocycles. The van der Waals surface area contributed by atoms with Crippen LogP contribution in [-0.2, 0) is 0 Å². The van der Waals surface area contributed by atoms with Crippen molar-refractivity contribution in [3.05, 3.63) is 65.4 Å². The second-order valence-electron chi connectivity index (χ2n) is 4.94. The van der Waals surface area contributed by atoms with Crippen molar-refractivity contribution in [2.24, 2.45) is 0 Å². The molecule has 0 spiro atoms. The van der Waals surface area contributed by atoms with E-state index in [1.165, 1.54) is 0 Å². The minimum absolute atomic E-state index is 0.479. The summed E-state index contributed by atoms with van der Waals surface area (Å²) in [5, 5.41) is 9.79. The van der Waals surface area contributed by atoms with Crippen molar-refractivity contribution in [3.63, 3.8) is 0 Å². The van der Waals surface area contributed by atoms with Crippen molar-refractivity contribution in [2.45, 2.75) is 0 Å². The van der Waals surface area contributed by atoms with Crippen LogP contribution in [0.1, 0.15) is 0 Å². The van der Waals surface area contributed by atoms with E-state index in [0.29, 0.717) is 5.82 Å². The molecule has 0 aliphatic heterocycles. The third-order valence-electron chi connectivity index (χ3n) is 3.48. The highest BCUT2D eigenvalue weighted by Gasteiger charge is 2.09. The smallest absolute Gasteiger partial charge is 0.147 e. The summed E-state index contributed by atoms with van der Waals surface area (Å²) >= 11 is 3.46. The highest BCUT2D eigenvalue weighted by Crippen LogP contribution is 2.24. The van der Waals surface area contributed by atoms with Crippen LogP contribution in [0, 0.1) is 0 Å². The molecule has 4 rings (SSSR count). The molecule has 2 heterocycles. The molecule has 2 aromatic heterocycles. The van der Waals surface area contributed by atoms with E-state index in [1.807, 2.05) is 59.4 Å². The Hall–Kier alpha value is -2.60. The first kappa shape index (κ1) is 13.1. The molecule has 108 valence electrons. The van der Waals surface area contributed by atoms with Gasteiger partial charge in [0.25, 0.3) is 0 Å². The Balaban J connectivity index is 1.85. The van der Waals surface area contributed by atoms with E-state index in [2.05, 4.69) is 26.1 Å². The topological polar surface area (TPSA) is 61.7 Å². The minimum atomic E-state index is 0.479. The number of rotatable bonds is 2. The molecule has 0 amide bonds. The molecule has 6 heteroatoms. The predicted molar refractivity (Wildman–Crippen MR) is 90.3 cm³/mol. The van der Waals surface area contributed by atoms with Crippen LogP contribution in [0.15, 0.2) is 65.4 Å². The van der Waals surface area contributed by atoms with Crippen LogP contribution >= 0.6 is 15.9 Å². The lowest BCUT2D eigenvalue weighted by Crippen LogP contribution is -1.98. The van der Waals surface area contributed by atoms with E-state index in [4.69, 9.17) is 5.73 Å². The largest absolute Gasteiger partial charge is 0.382 e. The fourth-order valence-electron chi connectivity index (χ4n) is 2.48. The molecule has 0 fully saturated rings. The van der Waals surface area contributed by atoms with Gasteiger partial charge in [0.2, 0.25) is 0 Å². The number of hydrogen-bond donors (Lipinski definition) is 1. The van der Waals surface area contributed by atoms with Gasteiger partial charge in [0.15, 0.2) is 0 Å². The molecule has 0 aliphatic carbocycles. The van der Waals surface area contributed by atoms with Crippen LogP contribution in [0.3, 0.4) is 0 Å². The van der Waals surface area contributed by atoms with Crippen LogP contribution in [0.4, 0.5) is 5.82 Å². The first-order valence-electron chi connectivity index (χ1n) is 6.77. The Kier molecular flexibility index (Phi) is 2.97. The number of hydrogen-bond acceptors (Lipinski definition) is 3. The van der Waals surface area contributed by atoms with E-state index < -0.39 is 0 Å². The lowest BCUT2D eigenvalue weighted by Gasteiger charge is -2.05. The standard InChI is InChI=1S/C16H12BrN5/c17-15-9-16(18)20-22(15)13-6-7-14-11(8-13)10-19-21(14)12-4-2-1-3-5-12/h1-10H,(H2,18,20). The zero-order valence-corrected chi connectivity index (χ0v) is 13.1. The summed E-state index contributed by atoms with van der Waals surface area (Å²) in [6.07, 6.45) is 1.85. The minimum Gasteiger partial charge on any atom is -0.382 e. The van der Waals surface area contributed by atoms with E-state index in [1.54, 1.807) is 10.7 Å². The zero-order valence-electron chi connectivity index (χ0n) is 11.5. The maximum atomic E-state index is 5.73. The molecule has 0 bridgehead atoms. The highest BCUT2D eigenvalue weighted by molar-refractivity contribution is 9.10. The Morgan fingerprint density at radius 1 is 0.909 bits per heavy atom. The van der Waals surface area contributed by atoms with Crippen molar-refractivity contribution in [2.75, 3.05) is 5.73 Å². The van der Waals surface area contributed by atoms with Crippen LogP contribution < -0.4 is 5.73 Å². The maximum absolute atomic E-state index is 5.73. The van der Waals surface area contributed by atoms with Crippen molar-refractivity contribution in [1.29, 1.82) is 0 Å². The third-order valence-corrected chi connectivity index (χ3v) is 4.05. The van der Waals surface area contributed by atoms with Crippen molar-refractivity contribution in [3.8, 4) is 11.4 Å². The molecule has 4 aromatic rings. The van der Waals surface area contributed by atoms with Gasteiger partial charge in [-0.1, -0.05) is 18.2 Å². The van der Waals surface area contributed by atoms with E-state index >= 15 is 0 Å². The molecule has 0 unspecified atom stereocenters. The molecule has 22 heavy (non-hydrogen) atoms. The van der Waals surface area contributed by atoms with Gasteiger partial charge in [-0.25, -0.2) is 9.36 Å². The van der Waals surface area contributed by atoms with Crippen molar-refractivity contribution < 1.29 is 0 Å². The Morgan fingerprint density at radius 2 is 1.73 bits per heavy atom. The van der Waals surface area contributed by atoms with Gasteiger partial charge in [-0.3, -0.25) is 0 Å². The summed E-state index contributed by atoms with van der Waals surface area (Å²) in [7, 11) is 0. The molecule has 5 nitrogen and oxygen atoms in total. The summed E-state index contributed by atoms with van der Waals surface area (Å²) in [5.74, 6) is 0.479. The first-order chi connectivity index (χ1) is 10.7. The van der Waals surface area contributed by atoms with Gasteiger partial charge < -0.3 is 5.73 Å². The fraction of sp³-hybridized carbons (Fsp3) is 0. The van der Waals surface area contributed by atoms with Crippen LogP contribution in [0.25, 0.3) is 22.3 Å². The van der Waals surface area contributed by atoms with Crippen LogP contribution in [0.5, 0.6) is 0 Å². The molecule has 0 saturated heterocycles. The number of aromatic nitrogens is 4. The summed E-state index contributed by atoms with van der Waals surface area (Å²) in [4.78, 5) is 0. The van der Waals surface area contributed by atoms with E-state index in [0.717, 1.165) is 26.9 Å². The van der Waals surface area contributed by atoms with Crippen LogP contribution in [0.2, 0.25) is 0 Å². The molecular weight excluding hydrogens is 342 g/mol. The second kappa shape index (κ2) is 4.99. The Labute approximate surface area is 135 Å². The summed E-state index contributed by atoms with van der Waals surface area (Å²) < 4.78 is 4.50. The molecule has 0 radical (unpaired) electrons. The van der Waals surface area contributed by atoms with Gasteiger partial charge >= 0.3 is 0 Å². The number of para-hydroxylation sites is 1. The van der Waals surface area contributed by atoms with Crippen molar-refractivity contribution in [1.82, 2.24) is 19.6 Å². The first-order valence-corrected chi connectivity index (χ1v) is 7.56. The lowest BCUT2D eigenvalue weighted by atomic mass is 10.2. The number of nitrogens with two attached hydrogens (primary N) is 1. The summed E-state index contributed by atoms with van der Waals surface area (Å²) in [6, 6.07) is 17.9. The third kappa shape index (κ3) is 2.08. The second-order valence-corrected chi connectivity index (χ2v) is 5.75. The van der Waals surface area contributed by atoms with Crippen LogP contribution in [-0.4, -0.2) is 19.6 Å². The van der Waals surface area contributed by atoms with Gasteiger partial charge in [-0.2, -0.15) is 5.10 Å². The summed E-state index contributed by atoms with van der Waals surface area (Å²) in [6.45, 7) is 0. The van der Waals surface area contributed by atoms with Gasteiger partial charge in [-0.05, 0) is 46.3 Å². The maximum Gasteiger partial charge on any atom is 0.147 e. The number of nitrogen functional groups attached to an aromatic ring is 1. The lowest BCUT2D eigenvalue weighted by molar-refractivity contribution is 0.867. The molecular formula is C16H12BrN5. The highest BCUT2D eigenvalue weighted by atomic mass is 79.9.